The molecule has 1 amide bonds. The quantitative estimate of drug-likeness (QED) is 0.185. The van der Waals surface area contributed by atoms with E-state index in [-0.39, 0.29) is 22.2 Å². The van der Waals surface area contributed by atoms with Gasteiger partial charge < -0.3 is 14.6 Å². The molecule has 0 saturated heterocycles. The number of aryl methyl sites for hydroxylation is 3. The molecule has 0 fully saturated rings. The Balaban J connectivity index is 1.54. The zero-order valence-corrected chi connectivity index (χ0v) is 24.5. The highest BCUT2D eigenvalue weighted by atomic mass is 32.1. The van der Waals surface area contributed by atoms with Gasteiger partial charge >= 0.3 is 5.97 Å². The number of hydrogen-bond acceptors (Lipinski definition) is 10. The Bertz CT molecular complexity index is 1660. The van der Waals surface area contributed by atoms with E-state index in [9.17, 15) is 19.5 Å². The summed E-state index contributed by atoms with van der Waals surface area (Å²) in [6.45, 7) is 7.40. The normalized spacial score (nSPS) is 15.0. The van der Waals surface area contributed by atoms with Crippen LogP contribution >= 0.6 is 22.7 Å². The van der Waals surface area contributed by atoms with Crippen molar-refractivity contribution >= 4 is 45.5 Å². The number of Topliss-reactive ketones (excluding diaryl/α,β-unsaturated/α-hetero) is 1. The van der Waals surface area contributed by atoms with Crippen LogP contribution in [0.15, 0.2) is 65.9 Å². The minimum absolute atomic E-state index is 0.0785. The first-order valence-electron chi connectivity index (χ1n) is 12.9. The third-order valence-corrected chi connectivity index (χ3v) is 8.67. The van der Waals surface area contributed by atoms with Gasteiger partial charge in [0.15, 0.2) is 10.9 Å². The second-order valence-electron chi connectivity index (χ2n) is 9.29. The van der Waals surface area contributed by atoms with Crippen LogP contribution in [0.3, 0.4) is 0 Å². The summed E-state index contributed by atoms with van der Waals surface area (Å²) in [5.41, 5.74) is 2.39. The number of carbonyl (C=O) groups excluding carboxylic acids is 3. The number of nitrogens with zero attached hydrogens (tertiary/aromatic N) is 3. The van der Waals surface area contributed by atoms with E-state index in [2.05, 4.69) is 9.97 Å². The van der Waals surface area contributed by atoms with E-state index in [1.807, 2.05) is 30.3 Å². The number of benzene rings is 2. The van der Waals surface area contributed by atoms with Gasteiger partial charge in [0.2, 0.25) is 5.78 Å². The molecule has 4 aromatic rings. The summed E-state index contributed by atoms with van der Waals surface area (Å²) >= 11 is 2.17. The maximum absolute atomic E-state index is 13.8. The van der Waals surface area contributed by atoms with Crippen molar-refractivity contribution in [2.45, 2.75) is 40.3 Å². The van der Waals surface area contributed by atoms with Crippen molar-refractivity contribution in [1.82, 2.24) is 9.97 Å². The van der Waals surface area contributed by atoms with E-state index < -0.39 is 29.5 Å². The lowest BCUT2D eigenvalue weighted by atomic mass is 9.95. The molecular formula is C30H27N3O6S2. The van der Waals surface area contributed by atoms with E-state index in [0.717, 1.165) is 16.9 Å². The Morgan fingerprint density at radius 3 is 2.27 bits per heavy atom. The van der Waals surface area contributed by atoms with E-state index in [4.69, 9.17) is 9.47 Å². The first-order chi connectivity index (χ1) is 19.7. The maximum Gasteiger partial charge on any atom is 0.350 e. The number of amides is 1. The molecule has 0 radical (unpaired) electrons. The van der Waals surface area contributed by atoms with Crippen LogP contribution in [0.2, 0.25) is 0 Å². The topological polar surface area (TPSA) is 119 Å². The largest absolute Gasteiger partial charge is 0.503 e. The predicted molar refractivity (Wildman–Crippen MR) is 156 cm³/mol. The molecule has 0 aliphatic carbocycles. The van der Waals surface area contributed by atoms with E-state index in [1.165, 1.54) is 16.2 Å². The number of hydrogen-bond donors (Lipinski definition) is 1. The van der Waals surface area contributed by atoms with Gasteiger partial charge in [0.05, 0.1) is 39.5 Å². The fourth-order valence-corrected chi connectivity index (χ4v) is 6.43. The van der Waals surface area contributed by atoms with Gasteiger partial charge in [-0.15, -0.1) is 11.3 Å². The smallest absolute Gasteiger partial charge is 0.350 e. The van der Waals surface area contributed by atoms with Crippen LogP contribution in [0.4, 0.5) is 5.13 Å². The molecule has 0 spiro atoms. The average molecular weight is 590 g/mol. The highest BCUT2D eigenvalue weighted by molar-refractivity contribution is 7.17. The number of anilines is 1. The zero-order valence-electron chi connectivity index (χ0n) is 22.8. The number of aliphatic hydroxyl groups excluding tert-OH is 1. The number of aliphatic hydroxyl groups is 1. The minimum Gasteiger partial charge on any atom is -0.503 e. The van der Waals surface area contributed by atoms with Crippen molar-refractivity contribution in [3.05, 3.63) is 103 Å². The summed E-state index contributed by atoms with van der Waals surface area (Å²) in [5, 5.41) is 12.0. The van der Waals surface area contributed by atoms with Crippen LogP contribution < -0.4 is 9.64 Å². The number of rotatable bonds is 9. The molecule has 1 aliphatic heterocycles. The molecule has 0 bridgehead atoms. The number of ether oxygens (including phenoxy) is 2. The van der Waals surface area contributed by atoms with Crippen molar-refractivity contribution in [3.8, 4) is 5.75 Å². The molecule has 1 unspecified atom stereocenters. The fourth-order valence-electron chi connectivity index (χ4n) is 4.57. The average Bonchev–Trinajstić information content (AvgIpc) is 3.60. The molecule has 9 nitrogen and oxygen atoms in total. The van der Waals surface area contributed by atoms with Crippen molar-refractivity contribution in [2.75, 3.05) is 11.5 Å². The monoisotopic (exact) mass is 589 g/mol. The summed E-state index contributed by atoms with van der Waals surface area (Å²) in [7, 11) is 0. The number of thiazole rings is 2. The molecule has 1 N–H and O–H groups in total. The molecule has 3 heterocycles. The Labute approximate surface area is 244 Å². The summed E-state index contributed by atoms with van der Waals surface area (Å²) in [6.07, 6.45) is 0. The number of ketones is 1. The molecule has 41 heavy (non-hydrogen) atoms. The van der Waals surface area contributed by atoms with E-state index >= 15 is 0 Å². The minimum atomic E-state index is -0.999. The Morgan fingerprint density at radius 2 is 1.63 bits per heavy atom. The molecule has 2 aromatic heterocycles. The van der Waals surface area contributed by atoms with Crippen molar-refractivity contribution in [3.63, 3.8) is 0 Å². The highest BCUT2D eigenvalue weighted by Gasteiger charge is 2.47. The fraction of sp³-hybridized carbons (Fsp3) is 0.233. The van der Waals surface area contributed by atoms with Gasteiger partial charge in [-0.3, -0.25) is 14.5 Å². The molecule has 2 aromatic carbocycles. The number of carbonyl (C=O) groups is 3. The van der Waals surface area contributed by atoms with Gasteiger partial charge in [0.25, 0.3) is 5.91 Å². The summed E-state index contributed by atoms with van der Waals surface area (Å²) in [4.78, 5) is 50.5. The second kappa shape index (κ2) is 11.6. The first-order valence-corrected chi connectivity index (χ1v) is 14.5. The third-order valence-electron chi connectivity index (χ3n) is 6.46. The van der Waals surface area contributed by atoms with Crippen molar-refractivity contribution < 1.29 is 29.0 Å². The van der Waals surface area contributed by atoms with Crippen molar-refractivity contribution in [2.24, 2.45) is 0 Å². The van der Waals surface area contributed by atoms with Crippen LogP contribution in [0, 0.1) is 20.8 Å². The molecule has 210 valence electrons. The van der Waals surface area contributed by atoms with Crippen LogP contribution in [-0.4, -0.2) is 39.3 Å². The van der Waals surface area contributed by atoms with Gasteiger partial charge in [-0.2, -0.15) is 0 Å². The van der Waals surface area contributed by atoms with Crippen molar-refractivity contribution in [1.29, 1.82) is 0 Å². The molecular weight excluding hydrogens is 562 g/mol. The van der Waals surface area contributed by atoms with Gasteiger partial charge in [-0.1, -0.05) is 53.8 Å². The SMILES string of the molecule is CCOC(=O)c1sc(N2C(=O)C(O)=C(C(=O)c3sc(C)nc3C)C2c2ccc(OCc3ccccc3)cc2)nc1C. The lowest BCUT2D eigenvalue weighted by Crippen LogP contribution is -2.31. The van der Waals surface area contributed by atoms with Crippen LogP contribution in [0.1, 0.15) is 59.8 Å². The lowest BCUT2D eigenvalue weighted by molar-refractivity contribution is -0.117. The van der Waals surface area contributed by atoms with Gasteiger partial charge in [-0.25, -0.2) is 14.8 Å². The van der Waals surface area contributed by atoms with Crippen LogP contribution in [0.25, 0.3) is 0 Å². The molecule has 5 rings (SSSR count). The molecule has 11 heteroatoms. The Kier molecular flexibility index (Phi) is 8.00. The van der Waals surface area contributed by atoms with Crippen LogP contribution in [0.5, 0.6) is 5.75 Å². The highest BCUT2D eigenvalue weighted by Crippen LogP contribution is 2.44. The summed E-state index contributed by atoms with van der Waals surface area (Å²) in [5.74, 6) is -1.90. The summed E-state index contributed by atoms with van der Waals surface area (Å²) < 4.78 is 11.1. The number of esters is 1. The molecule has 1 aliphatic rings. The number of aromatic nitrogens is 2. The molecule has 0 saturated carbocycles. The van der Waals surface area contributed by atoms with Crippen LogP contribution in [-0.2, 0) is 16.1 Å². The first kappa shape index (κ1) is 28.2. The summed E-state index contributed by atoms with van der Waals surface area (Å²) in [6, 6.07) is 15.7. The standard InChI is InChI=1S/C30H27N3O6S2/c1-5-38-29(37)27-17(3)32-30(41-27)33-23(20-11-13-21(14-12-20)39-15-19-9-7-6-8-10-19)22(25(35)28(33)36)24(34)26-16(2)31-18(4)40-26/h6-14,23,35H,5,15H2,1-4H3. The Morgan fingerprint density at radius 1 is 0.951 bits per heavy atom. The zero-order chi connectivity index (χ0) is 29.3. The third kappa shape index (κ3) is 5.50. The maximum atomic E-state index is 13.8. The van der Waals surface area contributed by atoms with Gasteiger partial charge in [0, 0.05) is 0 Å². The predicted octanol–water partition coefficient (Wildman–Crippen LogP) is 6.06. The second-order valence-corrected chi connectivity index (χ2v) is 11.5. The van der Waals surface area contributed by atoms with Gasteiger partial charge in [0.1, 0.15) is 17.2 Å². The van der Waals surface area contributed by atoms with E-state index in [1.54, 1.807) is 52.0 Å². The molecule has 1 atom stereocenters. The lowest BCUT2D eigenvalue weighted by Gasteiger charge is -2.24. The Hall–Kier alpha value is -4.35. The van der Waals surface area contributed by atoms with E-state index in [0.29, 0.717) is 39.2 Å². The van der Waals surface area contributed by atoms with Gasteiger partial charge in [-0.05, 0) is 51.0 Å².